The highest BCUT2D eigenvalue weighted by molar-refractivity contribution is 5.84. The number of benzene rings is 3. The van der Waals surface area contributed by atoms with Gasteiger partial charge in [0, 0.05) is 22.9 Å². The van der Waals surface area contributed by atoms with E-state index in [1.807, 2.05) is 42.5 Å². The van der Waals surface area contributed by atoms with Gasteiger partial charge in [0.2, 0.25) is 0 Å². The molecule has 0 aliphatic rings. The first-order valence-corrected chi connectivity index (χ1v) is 8.42. The highest BCUT2D eigenvalue weighted by atomic mass is 16.3. The molecule has 1 heterocycles. The van der Waals surface area contributed by atoms with E-state index in [2.05, 4.69) is 55.2 Å². The van der Waals surface area contributed by atoms with Crippen molar-refractivity contribution >= 4 is 11.0 Å². The van der Waals surface area contributed by atoms with Crippen LogP contribution in [-0.4, -0.2) is 0 Å². The molecular formula is C24H18O. The summed E-state index contributed by atoms with van der Waals surface area (Å²) >= 11 is 0. The van der Waals surface area contributed by atoms with E-state index in [4.69, 9.17) is 4.42 Å². The zero-order valence-electron chi connectivity index (χ0n) is 14.1. The topological polar surface area (TPSA) is 13.1 Å². The number of hydrogen-bond donors (Lipinski definition) is 0. The summed E-state index contributed by atoms with van der Waals surface area (Å²) in [6.45, 7) is 2.11. The smallest absolute Gasteiger partial charge is 0.182 e. The van der Waals surface area contributed by atoms with Crippen molar-refractivity contribution in [2.24, 2.45) is 0 Å². The molecule has 1 nitrogen and oxygen atoms in total. The minimum absolute atomic E-state index is 0.758. The Balaban J connectivity index is 1.83. The zero-order valence-corrected chi connectivity index (χ0v) is 14.1. The summed E-state index contributed by atoms with van der Waals surface area (Å²) in [6, 6.07) is 26.8. The van der Waals surface area contributed by atoms with Crippen molar-refractivity contribution in [1.82, 2.24) is 0 Å². The SMILES string of the molecule is Cc1ccc2oc(C#Cc3ccccc3)c(Cc3ccccc3)c2c1. The van der Waals surface area contributed by atoms with E-state index in [-0.39, 0.29) is 0 Å². The van der Waals surface area contributed by atoms with Gasteiger partial charge in [-0.05, 0) is 42.7 Å². The van der Waals surface area contributed by atoms with E-state index in [1.165, 1.54) is 11.1 Å². The number of hydrogen-bond acceptors (Lipinski definition) is 1. The summed E-state index contributed by atoms with van der Waals surface area (Å²) < 4.78 is 6.07. The standard InChI is InChI=1S/C24H18O/c1-18-12-14-23-21(16-18)22(17-20-10-6-3-7-11-20)24(25-23)15-13-19-8-4-2-5-9-19/h2-12,14,16H,17H2,1H3. The van der Waals surface area contributed by atoms with Crippen LogP contribution in [-0.2, 0) is 6.42 Å². The minimum atomic E-state index is 0.758. The van der Waals surface area contributed by atoms with Crippen LogP contribution in [0.5, 0.6) is 0 Å². The lowest BCUT2D eigenvalue weighted by Gasteiger charge is -2.01. The van der Waals surface area contributed by atoms with Gasteiger partial charge in [-0.25, -0.2) is 0 Å². The molecule has 4 rings (SSSR count). The van der Waals surface area contributed by atoms with Gasteiger partial charge in [0.15, 0.2) is 5.76 Å². The van der Waals surface area contributed by atoms with Crippen molar-refractivity contribution in [3.8, 4) is 11.8 Å². The second-order valence-corrected chi connectivity index (χ2v) is 6.19. The van der Waals surface area contributed by atoms with E-state index < -0.39 is 0 Å². The van der Waals surface area contributed by atoms with Gasteiger partial charge in [-0.1, -0.05) is 66.1 Å². The van der Waals surface area contributed by atoms with Gasteiger partial charge in [-0.3, -0.25) is 0 Å². The molecule has 1 heteroatoms. The molecule has 1 aromatic heterocycles. The van der Waals surface area contributed by atoms with Gasteiger partial charge in [0.1, 0.15) is 5.58 Å². The summed E-state index contributed by atoms with van der Waals surface area (Å²) in [7, 11) is 0. The molecule has 25 heavy (non-hydrogen) atoms. The fourth-order valence-electron chi connectivity index (χ4n) is 2.99. The lowest BCUT2D eigenvalue weighted by Crippen LogP contribution is -1.89. The number of aryl methyl sites for hydroxylation is 1. The van der Waals surface area contributed by atoms with Crippen LogP contribution in [0.25, 0.3) is 11.0 Å². The van der Waals surface area contributed by atoms with Crippen molar-refractivity contribution in [3.05, 3.63) is 107 Å². The van der Waals surface area contributed by atoms with Crippen molar-refractivity contribution in [1.29, 1.82) is 0 Å². The molecule has 4 aromatic rings. The number of fused-ring (bicyclic) bond motifs is 1. The van der Waals surface area contributed by atoms with Crippen LogP contribution in [0.4, 0.5) is 0 Å². The zero-order chi connectivity index (χ0) is 17.1. The summed E-state index contributed by atoms with van der Waals surface area (Å²) in [5.74, 6) is 7.22. The molecule has 0 spiro atoms. The van der Waals surface area contributed by atoms with Crippen LogP contribution >= 0.6 is 0 Å². The molecule has 0 fully saturated rings. The summed E-state index contributed by atoms with van der Waals surface area (Å²) in [6.07, 6.45) is 0.816. The third-order valence-corrected chi connectivity index (χ3v) is 4.26. The highest BCUT2D eigenvalue weighted by Crippen LogP contribution is 2.28. The van der Waals surface area contributed by atoms with E-state index in [1.54, 1.807) is 0 Å². The second kappa shape index (κ2) is 6.71. The van der Waals surface area contributed by atoms with Crippen LogP contribution in [0.3, 0.4) is 0 Å². The molecule has 0 unspecified atom stereocenters. The van der Waals surface area contributed by atoms with Crippen molar-refractivity contribution in [2.75, 3.05) is 0 Å². The Morgan fingerprint density at radius 1 is 0.800 bits per heavy atom. The van der Waals surface area contributed by atoms with Crippen molar-refractivity contribution < 1.29 is 4.42 Å². The van der Waals surface area contributed by atoms with E-state index in [0.29, 0.717) is 0 Å². The second-order valence-electron chi connectivity index (χ2n) is 6.19. The molecule has 0 aliphatic carbocycles. The predicted molar refractivity (Wildman–Crippen MR) is 103 cm³/mol. The molecule has 0 atom stereocenters. The maximum atomic E-state index is 6.07. The van der Waals surface area contributed by atoms with Gasteiger partial charge in [0.05, 0.1) is 0 Å². The molecule has 0 bridgehead atoms. The van der Waals surface area contributed by atoms with Crippen molar-refractivity contribution in [2.45, 2.75) is 13.3 Å². The minimum Gasteiger partial charge on any atom is -0.447 e. The largest absolute Gasteiger partial charge is 0.447 e. The summed E-state index contributed by atoms with van der Waals surface area (Å²) in [5, 5.41) is 1.15. The molecule has 120 valence electrons. The first kappa shape index (κ1) is 15.3. The first-order valence-electron chi connectivity index (χ1n) is 8.42. The van der Waals surface area contributed by atoms with E-state index in [9.17, 15) is 0 Å². The third kappa shape index (κ3) is 3.34. The van der Waals surface area contributed by atoms with Crippen molar-refractivity contribution in [3.63, 3.8) is 0 Å². The Morgan fingerprint density at radius 3 is 2.28 bits per heavy atom. The van der Waals surface area contributed by atoms with Crippen LogP contribution in [0.2, 0.25) is 0 Å². The first-order chi connectivity index (χ1) is 12.3. The predicted octanol–water partition coefficient (Wildman–Crippen LogP) is 5.73. The molecular weight excluding hydrogens is 304 g/mol. The maximum absolute atomic E-state index is 6.07. The lowest BCUT2D eigenvalue weighted by molar-refractivity contribution is 0.596. The third-order valence-electron chi connectivity index (χ3n) is 4.26. The average molecular weight is 322 g/mol. The van der Waals surface area contributed by atoms with Crippen LogP contribution in [0, 0.1) is 18.8 Å². The number of furan rings is 1. The molecule has 0 aliphatic heterocycles. The summed E-state index contributed by atoms with van der Waals surface area (Å²) in [4.78, 5) is 0. The molecule has 3 aromatic carbocycles. The molecule has 0 saturated carbocycles. The number of rotatable bonds is 2. The fourth-order valence-corrected chi connectivity index (χ4v) is 2.99. The van der Waals surface area contributed by atoms with E-state index in [0.717, 1.165) is 34.3 Å². The van der Waals surface area contributed by atoms with Gasteiger partial charge < -0.3 is 4.42 Å². The Morgan fingerprint density at radius 2 is 1.52 bits per heavy atom. The van der Waals surface area contributed by atoms with Gasteiger partial charge >= 0.3 is 0 Å². The Labute approximate surface area is 147 Å². The lowest BCUT2D eigenvalue weighted by atomic mass is 10.0. The highest BCUT2D eigenvalue weighted by Gasteiger charge is 2.13. The normalized spacial score (nSPS) is 10.4. The van der Waals surface area contributed by atoms with Crippen LogP contribution < -0.4 is 0 Å². The van der Waals surface area contributed by atoms with Gasteiger partial charge in [0.25, 0.3) is 0 Å². The Kier molecular flexibility index (Phi) is 4.11. The van der Waals surface area contributed by atoms with E-state index >= 15 is 0 Å². The molecule has 0 radical (unpaired) electrons. The molecule has 0 saturated heterocycles. The van der Waals surface area contributed by atoms with Gasteiger partial charge in [-0.2, -0.15) is 0 Å². The molecule has 0 N–H and O–H groups in total. The quantitative estimate of drug-likeness (QED) is 0.429. The monoisotopic (exact) mass is 322 g/mol. The fraction of sp³-hybridized carbons (Fsp3) is 0.0833. The average Bonchev–Trinajstić information content (AvgIpc) is 2.99. The maximum Gasteiger partial charge on any atom is 0.182 e. The van der Waals surface area contributed by atoms with Gasteiger partial charge in [-0.15, -0.1) is 0 Å². The van der Waals surface area contributed by atoms with Crippen LogP contribution in [0.15, 0.2) is 83.3 Å². The van der Waals surface area contributed by atoms with Crippen LogP contribution in [0.1, 0.15) is 28.0 Å². The summed E-state index contributed by atoms with van der Waals surface area (Å²) in [5.41, 5.74) is 5.53. The molecule has 0 amide bonds. The Bertz CT molecular complexity index is 1060. The Hall–Kier alpha value is -3.24.